The van der Waals surface area contributed by atoms with E-state index in [-0.39, 0.29) is 47.9 Å². The Morgan fingerprint density at radius 2 is 1.51 bits per heavy atom. The molecule has 0 fully saturated rings. The van der Waals surface area contributed by atoms with Gasteiger partial charge in [0.1, 0.15) is 11.5 Å². The first kappa shape index (κ1) is 46.1. The molecule has 6 heteroatoms. The first-order valence-electron chi connectivity index (χ1n) is 20.6. The Kier molecular flexibility index (Phi) is 14.7. The number of aliphatic hydroxyl groups excluding tert-OH is 1. The number of aromatic nitrogens is 1. The molecule has 0 atom stereocenters. The largest absolute Gasteiger partial charge is 0.512 e. The zero-order chi connectivity index (χ0) is 41.3. The number of carbonyl (C=O) groups is 1. The number of rotatable bonds is 11. The van der Waals surface area contributed by atoms with Crippen LogP contribution in [0, 0.1) is 43.6 Å². The van der Waals surface area contributed by atoms with Gasteiger partial charge in [-0.2, -0.15) is 0 Å². The minimum absolute atomic E-state index is 0. The van der Waals surface area contributed by atoms with Crippen LogP contribution in [-0.2, 0) is 36.7 Å². The Bertz CT molecular complexity index is 2400. The van der Waals surface area contributed by atoms with E-state index in [0.717, 1.165) is 65.5 Å². The molecule has 0 bridgehead atoms. The monoisotopic (exact) mass is 963 g/mol. The molecule has 0 saturated carbocycles. The van der Waals surface area contributed by atoms with Gasteiger partial charge in [0.15, 0.2) is 5.78 Å². The molecule has 57 heavy (non-hydrogen) atoms. The SMILES string of the molecule is CCC(C)(CC)C(=O)/C=C(\O)C(C)(CC)CC.Cc1oc2nc(-c3[c-]c4ccccc4c(C(C)(C)C)c3)cc(-c3ccc4c(CC(C)C)c(C)sc4c3)c2c1C.[Ir]. The van der Waals surface area contributed by atoms with Gasteiger partial charge in [-0.15, -0.1) is 40.5 Å². The zero-order valence-electron chi connectivity index (χ0n) is 36.8. The van der Waals surface area contributed by atoms with Gasteiger partial charge in [0.05, 0.1) is 0 Å². The van der Waals surface area contributed by atoms with Gasteiger partial charge in [-0.3, -0.25) is 9.78 Å². The Balaban J connectivity index is 0.000000341. The van der Waals surface area contributed by atoms with E-state index in [4.69, 9.17) is 9.40 Å². The van der Waals surface area contributed by atoms with Crippen LogP contribution in [0.5, 0.6) is 0 Å². The number of aryl methyl sites for hydroxylation is 3. The van der Waals surface area contributed by atoms with E-state index in [2.05, 4.69) is 109 Å². The number of allylic oxidation sites excluding steroid dienone is 2. The van der Waals surface area contributed by atoms with E-state index in [1.165, 1.54) is 48.7 Å². The smallest absolute Gasteiger partial charge is 0.220 e. The zero-order valence-corrected chi connectivity index (χ0v) is 40.1. The third kappa shape index (κ3) is 9.51. The topological polar surface area (TPSA) is 63.3 Å². The molecule has 307 valence electrons. The number of aliphatic hydroxyl groups is 1. The minimum atomic E-state index is -0.337. The molecule has 6 rings (SSSR count). The van der Waals surface area contributed by atoms with E-state index in [9.17, 15) is 9.90 Å². The summed E-state index contributed by atoms with van der Waals surface area (Å²) in [6, 6.07) is 23.7. The summed E-state index contributed by atoms with van der Waals surface area (Å²) in [4.78, 5) is 18.7. The number of fused-ring (bicyclic) bond motifs is 3. The average Bonchev–Trinajstić information content (AvgIpc) is 3.64. The van der Waals surface area contributed by atoms with Crippen LogP contribution in [0.15, 0.2) is 70.8 Å². The second-order valence-corrected chi connectivity index (χ2v) is 19.0. The number of nitrogens with zero attached hydrogens (tertiary/aromatic N) is 1. The molecule has 0 amide bonds. The van der Waals surface area contributed by atoms with Crippen LogP contribution in [0.4, 0.5) is 0 Å². The molecule has 4 nitrogen and oxygen atoms in total. The number of hydrogen-bond donors (Lipinski definition) is 1. The third-order valence-electron chi connectivity index (χ3n) is 12.5. The van der Waals surface area contributed by atoms with E-state index in [1.54, 1.807) is 0 Å². The maximum Gasteiger partial charge on any atom is 0.220 e. The number of thiophene rings is 1. The molecule has 3 heterocycles. The molecule has 1 N–H and O–H groups in total. The van der Waals surface area contributed by atoms with Crippen molar-refractivity contribution in [1.29, 1.82) is 0 Å². The fourth-order valence-electron chi connectivity index (χ4n) is 7.49. The maximum atomic E-state index is 12.2. The van der Waals surface area contributed by atoms with Crippen LogP contribution in [0.1, 0.15) is 129 Å². The molecule has 1 radical (unpaired) electrons. The van der Waals surface area contributed by atoms with Crippen molar-refractivity contribution in [1.82, 2.24) is 4.98 Å². The van der Waals surface area contributed by atoms with Crippen LogP contribution in [0.25, 0.3) is 54.3 Å². The summed E-state index contributed by atoms with van der Waals surface area (Å²) < 4.78 is 7.58. The van der Waals surface area contributed by atoms with Gasteiger partial charge in [-0.1, -0.05) is 124 Å². The molecular weight excluding hydrogens is 899 g/mol. The molecule has 6 aromatic rings. The molecule has 0 saturated heterocycles. The van der Waals surface area contributed by atoms with E-state index < -0.39 is 0 Å². The van der Waals surface area contributed by atoms with Crippen LogP contribution in [0.2, 0.25) is 0 Å². The summed E-state index contributed by atoms with van der Waals surface area (Å²) in [6.45, 7) is 29.9. The average molecular weight is 963 g/mol. The molecule has 0 aliphatic heterocycles. The van der Waals surface area contributed by atoms with Gasteiger partial charge in [0.25, 0.3) is 0 Å². The van der Waals surface area contributed by atoms with Gasteiger partial charge >= 0.3 is 0 Å². The summed E-state index contributed by atoms with van der Waals surface area (Å²) in [5, 5.41) is 15.0. The van der Waals surface area contributed by atoms with Crippen molar-refractivity contribution in [3.8, 4) is 22.4 Å². The molecular formula is C51H64IrNO3S-. The molecule has 0 aliphatic rings. The Labute approximate surface area is 359 Å². The number of furan rings is 1. The number of pyridine rings is 1. The summed E-state index contributed by atoms with van der Waals surface area (Å²) >= 11 is 1.91. The summed E-state index contributed by atoms with van der Waals surface area (Å²) in [6.07, 6.45) is 5.87. The van der Waals surface area contributed by atoms with Crippen LogP contribution in [0.3, 0.4) is 0 Å². The second kappa shape index (κ2) is 18.1. The molecule has 0 spiro atoms. The van der Waals surface area contributed by atoms with Gasteiger partial charge in [-0.25, -0.2) is 0 Å². The molecule has 3 aromatic heterocycles. The first-order valence-corrected chi connectivity index (χ1v) is 21.5. The van der Waals surface area contributed by atoms with Gasteiger partial charge < -0.3 is 9.52 Å². The van der Waals surface area contributed by atoms with Crippen molar-refractivity contribution in [2.75, 3.05) is 0 Å². The van der Waals surface area contributed by atoms with Crippen molar-refractivity contribution in [3.63, 3.8) is 0 Å². The van der Waals surface area contributed by atoms with Crippen molar-refractivity contribution in [2.24, 2.45) is 16.7 Å². The predicted octanol–water partition coefficient (Wildman–Crippen LogP) is 15.4. The number of hydrogen-bond acceptors (Lipinski definition) is 5. The van der Waals surface area contributed by atoms with Crippen LogP contribution < -0.4 is 0 Å². The van der Waals surface area contributed by atoms with Gasteiger partial charge in [0, 0.05) is 63.2 Å². The van der Waals surface area contributed by atoms with E-state index in [1.807, 2.05) is 59.8 Å². The van der Waals surface area contributed by atoms with E-state index >= 15 is 0 Å². The Morgan fingerprint density at radius 3 is 2.11 bits per heavy atom. The minimum Gasteiger partial charge on any atom is -0.512 e. The summed E-state index contributed by atoms with van der Waals surface area (Å²) in [5.74, 6) is 1.84. The Hall–Kier alpha value is -3.57. The number of ketones is 1. The maximum absolute atomic E-state index is 12.2. The number of carbonyl (C=O) groups excluding carboxylic acids is 1. The first-order chi connectivity index (χ1) is 26.3. The quantitative estimate of drug-likeness (QED) is 0.0798. The van der Waals surface area contributed by atoms with Crippen molar-refractivity contribution >= 4 is 49.1 Å². The van der Waals surface area contributed by atoms with Gasteiger partial charge in [-0.05, 0) is 92.4 Å². The fourth-order valence-corrected chi connectivity index (χ4v) is 8.63. The van der Waals surface area contributed by atoms with Gasteiger partial charge in [0.2, 0.25) is 5.71 Å². The van der Waals surface area contributed by atoms with E-state index in [0.29, 0.717) is 11.6 Å². The van der Waals surface area contributed by atoms with Crippen LogP contribution in [-0.4, -0.2) is 15.9 Å². The van der Waals surface area contributed by atoms with Crippen molar-refractivity contribution in [2.45, 2.75) is 134 Å². The fraction of sp³-hybridized carbons (Fsp3) is 0.451. The number of benzene rings is 3. The van der Waals surface area contributed by atoms with Crippen molar-refractivity contribution in [3.05, 3.63) is 99.8 Å². The summed E-state index contributed by atoms with van der Waals surface area (Å²) in [7, 11) is 0. The summed E-state index contributed by atoms with van der Waals surface area (Å²) in [5.41, 5.74) is 8.29. The molecule has 0 aliphatic carbocycles. The Morgan fingerprint density at radius 1 is 0.877 bits per heavy atom. The predicted molar refractivity (Wildman–Crippen MR) is 241 cm³/mol. The molecule has 0 unspecified atom stereocenters. The second-order valence-electron chi connectivity index (χ2n) is 17.8. The standard InChI is InChI=1S/C36H36NOS.C15H28O2.Ir/c1-20(2)15-29-23(5)39-33-18-25(13-14-28(29)33)30-19-32(37-35-34(30)21(3)22(4)38-35)26-16-24-11-9-10-12-27(24)31(17-26)36(6,7)8;1-7-14(5,8-2)12(16)11-13(17)15(6,9-3)10-4;/h9-14,17-20H,15H2,1-8H3;11,16H,7-10H2,1-6H3;/q-1;;/b;12-11-;. The molecule has 3 aromatic carbocycles. The van der Waals surface area contributed by atoms with Crippen LogP contribution >= 0.6 is 11.3 Å². The normalized spacial score (nSPS) is 12.6. The van der Waals surface area contributed by atoms with Crippen molar-refractivity contribution < 1.29 is 34.4 Å². The third-order valence-corrected chi connectivity index (χ3v) is 13.6.